The Kier molecular flexibility index (Phi) is 12.4. The summed E-state index contributed by atoms with van der Waals surface area (Å²) in [6.45, 7) is 1.10. The first-order chi connectivity index (χ1) is 23.6. The van der Waals surface area contributed by atoms with Crippen LogP contribution in [0.5, 0.6) is 5.75 Å². The molecule has 1 heterocycles. The van der Waals surface area contributed by atoms with E-state index in [1.54, 1.807) is 0 Å². The third-order valence-corrected chi connectivity index (χ3v) is 8.02. The molecular formula is C38H40N6O4. The van der Waals surface area contributed by atoms with Gasteiger partial charge in [0.15, 0.2) is 11.6 Å². The summed E-state index contributed by atoms with van der Waals surface area (Å²) in [5.74, 6) is 0.617. The predicted molar refractivity (Wildman–Crippen MR) is 187 cm³/mol. The van der Waals surface area contributed by atoms with Crippen LogP contribution in [0.3, 0.4) is 0 Å². The van der Waals surface area contributed by atoms with Gasteiger partial charge in [0.1, 0.15) is 5.75 Å². The summed E-state index contributed by atoms with van der Waals surface area (Å²) >= 11 is 0. The van der Waals surface area contributed by atoms with Crippen molar-refractivity contribution in [1.82, 2.24) is 10.9 Å². The fraction of sp³-hybridized carbons (Fsp3) is 0.263. The van der Waals surface area contributed by atoms with Gasteiger partial charge in [-0.25, -0.2) is 10.4 Å². The summed E-state index contributed by atoms with van der Waals surface area (Å²) < 4.78 is 12.3. The molecule has 0 aliphatic carbocycles. The minimum absolute atomic E-state index is 0.0516. The van der Waals surface area contributed by atoms with Crippen LogP contribution in [0, 0.1) is 0 Å². The van der Waals surface area contributed by atoms with Crippen LogP contribution in [0.25, 0.3) is 16.5 Å². The highest BCUT2D eigenvalue weighted by Crippen LogP contribution is 2.44. The number of aliphatic imine (C=N–C) groups is 1. The van der Waals surface area contributed by atoms with E-state index in [1.807, 2.05) is 109 Å². The first-order valence-electron chi connectivity index (χ1n) is 16.1. The molecule has 0 saturated carbocycles. The highest BCUT2D eigenvalue weighted by Gasteiger charge is 2.53. The van der Waals surface area contributed by atoms with Gasteiger partial charge < -0.3 is 14.6 Å². The number of nitrogens with zero attached hydrogens (tertiary/aromatic N) is 4. The molecule has 0 aromatic heterocycles. The second-order valence-electron chi connectivity index (χ2n) is 11.4. The van der Waals surface area contributed by atoms with Crippen molar-refractivity contribution in [2.45, 2.75) is 43.9 Å². The van der Waals surface area contributed by atoms with Gasteiger partial charge in [-0.1, -0.05) is 102 Å². The number of carbonyl (C=O) groups excluding carboxylic acids is 1. The monoisotopic (exact) mass is 644 g/mol. The molecule has 48 heavy (non-hydrogen) atoms. The summed E-state index contributed by atoms with van der Waals surface area (Å²) in [4.78, 5) is 22.4. The number of benzene rings is 4. The summed E-state index contributed by atoms with van der Waals surface area (Å²) in [6.07, 6.45) is 5.54. The van der Waals surface area contributed by atoms with Gasteiger partial charge in [-0.3, -0.25) is 10.2 Å². The van der Waals surface area contributed by atoms with Crippen molar-refractivity contribution in [3.63, 3.8) is 0 Å². The van der Waals surface area contributed by atoms with Gasteiger partial charge in [-0.2, -0.15) is 0 Å². The zero-order chi connectivity index (χ0) is 33.4. The lowest BCUT2D eigenvalue weighted by Gasteiger charge is -2.31. The molecule has 5 rings (SSSR count). The van der Waals surface area contributed by atoms with Crippen LogP contribution in [0.4, 0.5) is 0 Å². The maximum atomic E-state index is 14.4. The van der Waals surface area contributed by atoms with Gasteiger partial charge in [-0.05, 0) is 64.9 Å². The second kappa shape index (κ2) is 17.5. The number of hydrogen-bond acceptors (Lipinski definition) is 7. The maximum absolute atomic E-state index is 14.4. The number of carbonyl (C=O) groups is 1. The van der Waals surface area contributed by atoms with Gasteiger partial charge in [0.25, 0.3) is 5.91 Å². The molecule has 10 heteroatoms. The number of ether oxygens (including phenoxy) is 2. The normalized spacial score (nSPS) is 16.9. The van der Waals surface area contributed by atoms with Crippen molar-refractivity contribution >= 4 is 17.9 Å². The lowest BCUT2D eigenvalue weighted by atomic mass is 9.82. The van der Waals surface area contributed by atoms with E-state index < -0.39 is 11.6 Å². The average Bonchev–Trinajstić information content (AvgIpc) is 3.52. The molecule has 2 atom stereocenters. The van der Waals surface area contributed by atoms with E-state index in [0.717, 1.165) is 24.0 Å². The number of hydrogen-bond donors (Lipinski definition) is 3. The zero-order valence-corrected chi connectivity index (χ0v) is 26.7. The molecule has 0 saturated heterocycles. The molecule has 246 valence electrons. The number of azide groups is 1. The van der Waals surface area contributed by atoms with E-state index >= 15 is 0 Å². The molecule has 1 aliphatic heterocycles. The fourth-order valence-electron chi connectivity index (χ4n) is 5.55. The van der Waals surface area contributed by atoms with Crippen molar-refractivity contribution in [2.75, 3.05) is 19.8 Å². The quantitative estimate of drug-likeness (QED) is 0.0378. The van der Waals surface area contributed by atoms with Crippen molar-refractivity contribution in [2.24, 2.45) is 10.1 Å². The molecule has 0 radical (unpaired) electrons. The van der Waals surface area contributed by atoms with E-state index in [1.165, 1.54) is 5.56 Å². The standard InChI is InChI=1S/C38H40N6O4/c39-44-41-28-32-18-7-8-19-34(32)35-38(24-9-16-29-12-3-1-4-13-29,37(46)43-40-25-10-17-30-14-5-2-6-15-30)42-36(48-35)31-20-22-33(23-21-31)47-27-11-26-45/h1-9,12-16,18-23,35,40,45H,10-11,17,24-28H2,(H,43,46)/b16-9+/t35-,38-/m0/s1. The number of aliphatic hydroxyl groups is 1. The summed E-state index contributed by atoms with van der Waals surface area (Å²) in [5, 5.41) is 12.9. The van der Waals surface area contributed by atoms with Gasteiger partial charge >= 0.3 is 0 Å². The fourth-order valence-corrected chi connectivity index (χ4v) is 5.55. The molecule has 4 aromatic carbocycles. The molecule has 0 unspecified atom stereocenters. The predicted octanol–water partition coefficient (Wildman–Crippen LogP) is 6.87. The van der Waals surface area contributed by atoms with Crippen molar-refractivity contribution < 1.29 is 19.4 Å². The van der Waals surface area contributed by atoms with Gasteiger partial charge in [0.2, 0.25) is 5.90 Å². The van der Waals surface area contributed by atoms with E-state index in [2.05, 4.69) is 33.0 Å². The molecule has 3 N–H and O–H groups in total. The van der Waals surface area contributed by atoms with Gasteiger partial charge in [-0.15, -0.1) is 0 Å². The lowest BCUT2D eigenvalue weighted by molar-refractivity contribution is -0.129. The van der Waals surface area contributed by atoms with Crippen LogP contribution >= 0.6 is 0 Å². The molecule has 1 aliphatic rings. The summed E-state index contributed by atoms with van der Waals surface area (Å²) in [5.41, 5.74) is 18.1. The molecule has 0 fully saturated rings. The Morgan fingerprint density at radius 2 is 1.71 bits per heavy atom. The van der Waals surface area contributed by atoms with Crippen LogP contribution in [0.15, 0.2) is 125 Å². The zero-order valence-electron chi connectivity index (χ0n) is 26.7. The Bertz CT molecular complexity index is 1720. The van der Waals surface area contributed by atoms with Crippen LogP contribution in [-0.2, 0) is 22.5 Å². The minimum Gasteiger partial charge on any atom is -0.494 e. The Morgan fingerprint density at radius 3 is 2.46 bits per heavy atom. The van der Waals surface area contributed by atoms with E-state index in [-0.39, 0.29) is 25.5 Å². The Balaban J connectivity index is 1.48. The smallest absolute Gasteiger partial charge is 0.266 e. The van der Waals surface area contributed by atoms with Crippen molar-refractivity contribution in [1.29, 1.82) is 0 Å². The molecule has 1 amide bonds. The number of rotatable bonds is 17. The van der Waals surface area contributed by atoms with Gasteiger partial charge in [0.05, 0.1) is 13.2 Å². The first kappa shape index (κ1) is 33.9. The Morgan fingerprint density at radius 1 is 0.979 bits per heavy atom. The van der Waals surface area contributed by atoms with Crippen LogP contribution < -0.4 is 15.6 Å². The molecule has 10 nitrogen and oxygen atoms in total. The molecule has 0 spiro atoms. The van der Waals surface area contributed by atoms with Crippen LogP contribution in [0.1, 0.15) is 53.2 Å². The minimum atomic E-state index is -1.41. The SMILES string of the molecule is [N-]=[N+]=NCc1ccccc1[C@@H]1OC(c2ccc(OCCCO)cc2)=N[C@]1(C/C=C/c1ccccc1)C(=O)NNCCCc1ccccc1. The largest absolute Gasteiger partial charge is 0.494 e. The number of amides is 1. The number of hydrazine groups is 1. The highest BCUT2D eigenvalue weighted by molar-refractivity contribution is 6.01. The Labute approximate surface area is 280 Å². The molecule has 4 aromatic rings. The lowest BCUT2D eigenvalue weighted by Crippen LogP contribution is -2.52. The Hall–Kier alpha value is -5.41. The first-order valence-corrected chi connectivity index (χ1v) is 16.1. The number of nitrogens with one attached hydrogen (secondary N) is 2. The summed E-state index contributed by atoms with van der Waals surface area (Å²) in [6, 6.07) is 34.9. The second-order valence-corrected chi connectivity index (χ2v) is 11.4. The number of aryl methyl sites for hydroxylation is 1. The summed E-state index contributed by atoms with van der Waals surface area (Å²) in [7, 11) is 0. The van der Waals surface area contributed by atoms with Crippen LogP contribution in [-0.4, -0.2) is 42.2 Å². The number of aliphatic hydroxyl groups excluding tert-OH is 1. The third kappa shape index (κ3) is 8.89. The van der Waals surface area contributed by atoms with Crippen LogP contribution in [0.2, 0.25) is 0 Å². The van der Waals surface area contributed by atoms with Crippen molar-refractivity contribution in [3.8, 4) is 5.75 Å². The van der Waals surface area contributed by atoms with Gasteiger partial charge in [0, 0.05) is 36.5 Å². The average molecular weight is 645 g/mol. The third-order valence-electron chi connectivity index (χ3n) is 8.02. The molecule has 0 bridgehead atoms. The van der Waals surface area contributed by atoms with E-state index in [4.69, 9.17) is 25.1 Å². The van der Waals surface area contributed by atoms with E-state index in [0.29, 0.717) is 42.3 Å². The molecular weight excluding hydrogens is 604 g/mol. The topological polar surface area (TPSA) is 141 Å². The van der Waals surface area contributed by atoms with E-state index in [9.17, 15) is 4.79 Å². The van der Waals surface area contributed by atoms with Crippen molar-refractivity contribution in [3.05, 3.63) is 154 Å². The highest BCUT2D eigenvalue weighted by atomic mass is 16.5. The maximum Gasteiger partial charge on any atom is 0.266 e.